The standard InChI is InChI=1S/C17H24BrN5/c1-21-8-10-23(11-9-21)14(12-19)15-16(18)22(2)17(20-15)13-6-4-3-5-7-13/h3-7,14H,8-12,19H2,1-2H3. The Balaban J connectivity index is 1.92. The van der Waals surface area contributed by atoms with Crippen LogP contribution in [0.25, 0.3) is 11.4 Å². The Bertz CT molecular complexity index is 647. The molecule has 0 amide bonds. The molecule has 0 aliphatic carbocycles. The molecule has 3 rings (SSSR count). The molecule has 1 fully saturated rings. The van der Waals surface area contributed by atoms with Crippen LogP contribution in [0.3, 0.4) is 0 Å². The Hall–Kier alpha value is -1.21. The summed E-state index contributed by atoms with van der Waals surface area (Å²) >= 11 is 3.73. The summed E-state index contributed by atoms with van der Waals surface area (Å²) in [6.45, 7) is 4.79. The van der Waals surface area contributed by atoms with Crippen molar-refractivity contribution in [1.82, 2.24) is 19.4 Å². The van der Waals surface area contributed by atoms with Crippen LogP contribution in [-0.4, -0.2) is 59.1 Å². The Morgan fingerprint density at radius 2 is 1.78 bits per heavy atom. The van der Waals surface area contributed by atoms with Crippen LogP contribution in [0.1, 0.15) is 11.7 Å². The second kappa shape index (κ2) is 7.13. The van der Waals surface area contributed by atoms with E-state index in [4.69, 9.17) is 10.7 Å². The van der Waals surface area contributed by atoms with E-state index in [0.29, 0.717) is 6.54 Å². The average Bonchev–Trinajstić information content (AvgIpc) is 2.87. The van der Waals surface area contributed by atoms with Gasteiger partial charge in [-0.1, -0.05) is 30.3 Å². The van der Waals surface area contributed by atoms with Gasteiger partial charge in [0.25, 0.3) is 0 Å². The molecule has 23 heavy (non-hydrogen) atoms. The number of halogens is 1. The normalized spacial score (nSPS) is 18.3. The summed E-state index contributed by atoms with van der Waals surface area (Å²) in [4.78, 5) is 9.73. The van der Waals surface area contributed by atoms with Gasteiger partial charge in [-0.3, -0.25) is 4.90 Å². The van der Waals surface area contributed by atoms with Crippen LogP contribution >= 0.6 is 15.9 Å². The number of hydrogen-bond acceptors (Lipinski definition) is 4. The summed E-state index contributed by atoms with van der Waals surface area (Å²) in [5.74, 6) is 0.972. The van der Waals surface area contributed by atoms with Crippen LogP contribution in [0.15, 0.2) is 34.9 Å². The minimum Gasteiger partial charge on any atom is -0.329 e. The number of likely N-dealkylation sites (N-methyl/N-ethyl adjacent to an activating group) is 1. The summed E-state index contributed by atoms with van der Waals surface area (Å²) in [5, 5.41) is 0. The minimum absolute atomic E-state index is 0.154. The van der Waals surface area contributed by atoms with Gasteiger partial charge in [-0.2, -0.15) is 0 Å². The first-order valence-electron chi connectivity index (χ1n) is 8.02. The van der Waals surface area contributed by atoms with E-state index < -0.39 is 0 Å². The third-order valence-corrected chi connectivity index (χ3v) is 5.54. The molecule has 1 saturated heterocycles. The molecule has 1 aromatic carbocycles. The lowest BCUT2D eigenvalue weighted by Crippen LogP contribution is -2.47. The number of rotatable bonds is 4. The SMILES string of the molecule is CN1CCN(C(CN)c2nc(-c3ccccc3)n(C)c2Br)CC1. The van der Waals surface area contributed by atoms with Gasteiger partial charge in [-0.15, -0.1) is 0 Å². The first-order chi connectivity index (χ1) is 11.1. The molecule has 1 atom stereocenters. The third-order valence-electron chi connectivity index (χ3n) is 4.60. The fraction of sp³-hybridized carbons (Fsp3) is 0.471. The first kappa shape index (κ1) is 16.6. The number of hydrogen-bond donors (Lipinski definition) is 1. The Kier molecular flexibility index (Phi) is 5.16. The summed E-state index contributed by atoms with van der Waals surface area (Å²) < 4.78 is 3.12. The van der Waals surface area contributed by atoms with Crippen molar-refractivity contribution in [2.24, 2.45) is 12.8 Å². The molecule has 0 saturated carbocycles. The van der Waals surface area contributed by atoms with Gasteiger partial charge in [0.15, 0.2) is 0 Å². The predicted molar refractivity (Wildman–Crippen MR) is 97.2 cm³/mol. The fourth-order valence-corrected chi connectivity index (χ4v) is 3.65. The monoisotopic (exact) mass is 377 g/mol. The number of imidazole rings is 1. The smallest absolute Gasteiger partial charge is 0.140 e. The molecule has 0 bridgehead atoms. The van der Waals surface area contributed by atoms with Gasteiger partial charge in [0.05, 0.1) is 11.7 Å². The van der Waals surface area contributed by atoms with Gasteiger partial charge in [0.2, 0.25) is 0 Å². The van der Waals surface area contributed by atoms with Gasteiger partial charge >= 0.3 is 0 Å². The minimum atomic E-state index is 0.154. The number of nitrogens with zero attached hydrogens (tertiary/aromatic N) is 4. The summed E-state index contributed by atoms with van der Waals surface area (Å²) in [7, 11) is 4.21. The molecule has 2 N–H and O–H groups in total. The quantitative estimate of drug-likeness (QED) is 0.886. The highest BCUT2D eigenvalue weighted by molar-refractivity contribution is 9.10. The van der Waals surface area contributed by atoms with E-state index >= 15 is 0 Å². The van der Waals surface area contributed by atoms with Crippen molar-refractivity contribution < 1.29 is 0 Å². The first-order valence-corrected chi connectivity index (χ1v) is 8.81. The predicted octanol–water partition coefficient (Wildman–Crippen LogP) is 2.10. The number of piperazine rings is 1. The zero-order chi connectivity index (χ0) is 16.4. The van der Waals surface area contributed by atoms with Crippen molar-refractivity contribution in [1.29, 1.82) is 0 Å². The highest BCUT2D eigenvalue weighted by Gasteiger charge is 2.28. The highest BCUT2D eigenvalue weighted by Crippen LogP contribution is 2.31. The molecule has 124 valence electrons. The third kappa shape index (κ3) is 3.35. The van der Waals surface area contributed by atoms with E-state index in [2.05, 4.69) is 49.5 Å². The molecule has 1 aromatic heterocycles. The van der Waals surface area contributed by atoms with E-state index in [1.165, 1.54) is 0 Å². The molecule has 1 aliphatic heterocycles. The lowest BCUT2D eigenvalue weighted by molar-refractivity contribution is 0.112. The molecular weight excluding hydrogens is 354 g/mol. The van der Waals surface area contributed by atoms with Crippen LogP contribution in [0.2, 0.25) is 0 Å². The zero-order valence-corrected chi connectivity index (χ0v) is 15.3. The maximum absolute atomic E-state index is 6.11. The fourth-order valence-electron chi connectivity index (χ4n) is 3.12. The molecule has 1 aliphatic rings. The van der Waals surface area contributed by atoms with Crippen molar-refractivity contribution in [3.8, 4) is 11.4 Å². The number of nitrogens with two attached hydrogens (primary N) is 1. The Labute approximate surface area is 146 Å². The highest BCUT2D eigenvalue weighted by atomic mass is 79.9. The molecule has 6 heteroatoms. The van der Waals surface area contributed by atoms with Crippen LogP contribution in [-0.2, 0) is 7.05 Å². The summed E-state index contributed by atoms with van der Waals surface area (Å²) in [6, 6.07) is 10.4. The molecular formula is C17H24BrN5. The lowest BCUT2D eigenvalue weighted by atomic mass is 10.1. The summed E-state index contributed by atoms with van der Waals surface area (Å²) in [6.07, 6.45) is 0. The van der Waals surface area contributed by atoms with Crippen LogP contribution in [0.5, 0.6) is 0 Å². The molecule has 5 nitrogen and oxygen atoms in total. The zero-order valence-electron chi connectivity index (χ0n) is 13.7. The molecule has 0 radical (unpaired) electrons. The second-order valence-electron chi connectivity index (χ2n) is 6.13. The second-order valence-corrected chi connectivity index (χ2v) is 6.88. The van der Waals surface area contributed by atoms with Crippen LogP contribution < -0.4 is 5.73 Å². The van der Waals surface area contributed by atoms with Gasteiger partial charge in [-0.25, -0.2) is 4.98 Å². The van der Waals surface area contributed by atoms with Gasteiger partial charge in [0, 0.05) is 45.3 Å². The van der Waals surface area contributed by atoms with Crippen molar-refractivity contribution in [3.05, 3.63) is 40.6 Å². The van der Waals surface area contributed by atoms with E-state index in [1.807, 2.05) is 25.2 Å². The molecule has 0 spiro atoms. The van der Waals surface area contributed by atoms with E-state index in [0.717, 1.165) is 47.9 Å². The van der Waals surface area contributed by atoms with Gasteiger partial charge in [0.1, 0.15) is 10.4 Å². The van der Waals surface area contributed by atoms with Gasteiger partial charge < -0.3 is 15.2 Å². The lowest BCUT2D eigenvalue weighted by Gasteiger charge is -2.37. The van der Waals surface area contributed by atoms with Crippen molar-refractivity contribution in [3.63, 3.8) is 0 Å². The van der Waals surface area contributed by atoms with Crippen molar-refractivity contribution in [2.75, 3.05) is 39.8 Å². The van der Waals surface area contributed by atoms with E-state index in [1.54, 1.807) is 0 Å². The molecule has 1 unspecified atom stereocenters. The Morgan fingerprint density at radius 1 is 1.13 bits per heavy atom. The number of aromatic nitrogens is 2. The Morgan fingerprint density at radius 3 is 2.39 bits per heavy atom. The maximum atomic E-state index is 6.11. The van der Waals surface area contributed by atoms with Crippen molar-refractivity contribution in [2.45, 2.75) is 6.04 Å². The van der Waals surface area contributed by atoms with E-state index in [-0.39, 0.29) is 6.04 Å². The average molecular weight is 378 g/mol. The number of benzene rings is 1. The topological polar surface area (TPSA) is 50.3 Å². The largest absolute Gasteiger partial charge is 0.329 e. The molecule has 2 heterocycles. The van der Waals surface area contributed by atoms with Crippen LogP contribution in [0, 0.1) is 0 Å². The van der Waals surface area contributed by atoms with E-state index in [9.17, 15) is 0 Å². The van der Waals surface area contributed by atoms with Crippen LogP contribution in [0.4, 0.5) is 0 Å². The van der Waals surface area contributed by atoms with Gasteiger partial charge in [-0.05, 0) is 23.0 Å². The van der Waals surface area contributed by atoms with Crippen molar-refractivity contribution >= 4 is 15.9 Å². The molecule has 2 aromatic rings. The summed E-state index contributed by atoms with van der Waals surface area (Å²) in [5.41, 5.74) is 8.27. The maximum Gasteiger partial charge on any atom is 0.140 e.